The van der Waals surface area contributed by atoms with Crippen molar-refractivity contribution in [1.29, 1.82) is 0 Å². The Morgan fingerprint density at radius 3 is 1.51 bits per heavy atom. The van der Waals surface area contributed by atoms with E-state index in [9.17, 15) is 15.0 Å². The lowest BCUT2D eigenvalue weighted by molar-refractivity contribution is -0.0339. The smallest absolute Gasteiger partial charge is 0.388 e. The van der Waals surface area contributed by atoms with Gasteiger partial charge in [-0.05, 0) is 13.0 Å². The second-order valence-corrected chi connectivity index (χ2v) is 9.97. The minimum atomic E-state index is -4.64. The Kier molecular flexibility index (Phi) is 13.1. The highest BCUT2D eigenvalue weighted by Crippen LogP contribution is 2.30. The van der Waals surface area contributed by atoms with Gasteiger partial charge in [-0.2, -0.15) is 0 Å². The maximum absolute atomic E-state index is 12.5. The summed E-state index contributed by atoms with van der Waals surface area (Å²) in [5.74, 6) is 0. The number of hydrogen-bond acceptors (Lipinski definition) is 7. The molecule has 202 valence electrons. The van der Waals surface area contributed by atoms with Crippen molar-refractivity contribution in [3.8, 4) is 0 Å². The van der Waals surface area contributed by atoms with Crippen molar-refractivity contribution < 1.29 is 72.7 Å². The summed E-state index contributed by atoms with van der Waals surface area (Å²) in [5.41, 5.74) is -0.310. The first-order chi connectivity index (χ1) is 15.5. The van der Waals surface area contributed by atoms with Crippen LogP contribution in [0.1, 0.15) is 13.2 Å². The highest BCUT2D eigenvalue weighted by molar-refractivity contribution is 7.45. The molecule has 17 nitrogen and oxygen atoms in total. The molecule has 0 spiro atoms. The predicted molar refractivity (Wildman–Crippen MR) is 118 cm³/mol. The molecule has 4 unspecified atom stereocenters. The number of pyridine rings is 1. The molecule has 1 saturated heterocycles. The molecule has 11 N–H and O–H groups in total. The second kappa shape index (κ2) is 13.5. The van der Waals surface area contributed by atoms with E-state index in [1.54, 1.807) is 31.2 Å². The minimum absolute atomic E-state index is 0.310. The zero-order valence-corrected chi connectivity index (χ0v) is 20.8. The van der Waals surface area contributed by atoms with Crippen LogP contribution in [0.5, 0.6) is 0 Å². The van der Waals surface area contributed by atoms with Crippen LogP contribution in [0.2, 0.25) is 5.02 Å². The Bertz CT molecular complexity index is 1100. The number of benzene rings is 1. The van der Waals surface area contributed by atoms with Crippen LogP contribution in [0, 0.1) is 0 Å². The Morgan fingerprint density at radius 1 is 0.800 bits per heavy atom. The van der Waals surface area contributed by atoms with Gasteiger partial charge in [-0.1, -0.05) is 29.8 Å². The van der Waals surface area contributed by atoms with Crippen molar-refractivity contribution in [3.05, 3.63) is 45.8 Å². The Hall–Kier alpha value is -1.07. The Morgan fingerprint density at radius 2 is 1.17 bits per heavy atom. The summed E-state index contributed by atoms with van der Waals surface area (Å²) in [7, 11) is -13.9. The summed E-state index contributed by atoms with van der Waals surface area (Å²) in [6.07, 6.45) is -2.25. The van der Waals surface area contributed by atoms with Crippen molar-refractivity contribution in [2.24, 2.45) is 0 Å². The number of halogens is 1. The molecule has 1 aromatic heterocycles. The molecule has 21 heteroatoms. The molecule has 1 aliphatic rings. The Balaban J connectivity index is 0.000000635. The zero-order chi connectivity index (χ0) is 27.9. The van der Waals surface area contributed by atoms with Gasteiger partial charge < -0.3 is 59.0 Å². The first kappa shape index (κ1) is 33.9. The zero-order valence-electron chi connectivity index (χ0n) is 17.3. The summed E-state index contributed by atoms with van der Waals surface area (Å²) in [6.45, 7) is 1.64. The molecule has 3 rings (SSSR count). The summed E-state index contributed by atoms with van der Waals surface area (Å²) in [5, 5.41) is 21.2. The van der Waals surface area contributed by atoms with Crippen LogP contribution < -0.4 is 5.56 Å². The molecule has 2 aromatic rings. The highest BCUT2D eigenvalue weighted by atomic mass is 35.5. The van der Waals surface area contributed by atoms with Crippen LogP contribution in [-0.2, 0) is 18.4 Å². The topological polar surface area (TPSA) is 305 Å². The number of ether oxygens (including phenoxy) is 1. The average molecular weight is 590 g/mol. The number of aliphatic hydroxyl groups is 2. The average Bonchev–Trinajstić information content (AvgIpc) is 2.88. The molecule has 35 heavy (non-hydrogen) atoms. The molecular formula is C14H23ClNO16P3. The third-order valence-corrected chi connectivity index (χ3v) is 3.95. The van der Waals surface area contributed by atoms with E-state index in [1.165, 1.54) is 10.8 Å². The molecule has 2 heterocycles. The normalized spacial score (nSPS) is 22.2. The molecule has 0 radical (unpaired) electrons. The molecule has 0 aliphatic carbocycles. The van der Waals surface area contributed by atoms with Crippen LogP contribution in [0.3, 0.4) is 0 Å². The third-order valence-electron chi connectivity index (χ3n) is 3.65. The van der Waals surface area contributed by atoms with Crippen LogP contribution in [0.4, 0.5) is 0 Å². The lowest BCUT2D eigenvalue weighted by atomic mass is 10.1. The van der Waals surface area contributed by atoms with Crippen molar-refractivity contribution in [1.82, 2.24) is 4.57 Å². The van der Waals surface area contributed by atoms with E-state index < -0.39 is 48.0 Å². The van der Waals surface area contributed by atoms with E-state index >= 15 is 0 Å². The first-order valence-electron chi connectivity index (χ1n) is 8.66. The van der Waals surface area contributed by atoms with Gasteiger partial charge in [-0.3, -0.25) is 9.36 Å². The quantitative estimate of drug-likeness (QED) is 0.169. The lowest BCUT2D eigenvalue weighted by Crippen LogP contribution is -2.34. The number of nitrogens with zero attached hydrogens (tertiary/aromatic N) is 1. The highest BCUT2D eigenvalue weighted by Gasteiger charge is 2.41. The van der Waals surface area contributed by atoms with E-state index in [0.717, 1.165) is 0 Å². The summed E-state index contributed by atoms with van der Waals surface area (Å²) >= 11 is 6.17. The number of aromatic nitrogens is 1. The molecule has 0 amide bonds. The maximum Gasteiger partial charge on any atom is 0.466 e. The maximum atomic E-state index is 12.5. The summed E-state index contributed by atoms with van der Waals surface area (Å²) in [4.78, 5) is 77.1. The number of aliphatic hydroxyl groups excluding tert-OH is 2. The largest absolute Gasteiger partial charge is 0.466 e. The third kappa shape index (κ3) is 14.9. The van der Waals surface area contributed by atoms with Crippen molar-refractivity contribution >= 4 is 45.8 Å². The monoisotopic (exact) mass is 589 g/mol. The van der Waals surface area contributed by atoms with E-state index in [1.807, 2.05) is 0 Å². The molecular weight excluding hydrogens is 567 g/mol. The van der Waals surface area contributed by atoms with E-state index in [0.29, 0.717) is 15.8 Å². The fourth-order valence-electron chi connectivity index (χ4n) is 2.51. The van der Waals surface area contributed by atoms with Gasteiger partial charge in [0.15, 0.2) is 6.23 Å². The number of hydrogen-bond donors (Lipinski definition) is 11. The standard InChI is InChI=1S/C14H14ClNO4.3H3O4P/c1-7-11(17)12(18)14(20-7)16-6-10(15)8-4-2-3-5-9(8)13(16)19;3*1-5(2,3)4/h2-7,11-12,14,17-18H,1H3;3*(H3,1,2,3,4). The number of rotatable bonds is 1. The van der Waals surface area contributed by atoms with Gasteiger partial charge in [0.25, 0.3) is 5.56 Å². The van der Waals surface area contributed by atoms with E-state index in [-0.39, 0.29) is 5.56 Å². The SMILES string of the molecule is CC1OC(n2cc(Cl)c3ccccc3c2=O)C(O)C1O.O=P(O)(O)O.O=P(O)(O)O.O=P(O)(O)O. The van der Waals surface area contributed by atoms with Gasteiger partial charge in [-0.25, -0.2) is 13.7 Å². The summed E-state index contributed by atoms with van der Waals surface area (Å²) in [6, 6.07) is 6.96. The van der Waals surface area contributed by atoms with Gasteiger partial charge in [0, 0.05) is 17.0 Å². The van der Waals surface area contributed by atoms with Crippen molar-refractivity contribution in [2.75, 3.05) is 0 Å². The predicted octanol–water partition coefficient (Wildman–Crippen LogP) is -1.49. The van der Waals surface area contributed by atoms with E-state index in [2.05, 4.69) is 0 Å². The molecule has 1 aromatic carbocycles. The second-order valence-electron chi connectivity index (χ2n) is 6.49. The molecule has 4 atom stereocenters. The molecule has 0 saturated carbocycles. The molecule has 1 aliphatic heterocycles. The molecule has 1 fully saturated rings. The fourth-order valence-corrected chi connectivity index (χ4v) is 2.78. The van der Waals surface area contributed by atoms with Gasteiger partial charge in [0.1, 0.15) is 12.2 Å². The van der Waals surface area contributed by atoms with Gasteiger partial charge in [0.2, 0.25) is 0 Å². The molecule has 0 bridgehead atoms. The first-order valence-corrected chi connectivity index (χ1v) is 13.7. The van der Waals surface area contributed by atoms with Crippen molar-refractivity contribution in [3.63, 3.8) is 0 Å². The van der Waals surface area contributed by atoms with Crippen molar-refractivity contribution in [2.45, 2.75) is 31.5 Å². The van der Waals surface area contributed by atoms with Crippen LogP contribution in [0.15, 0.2) is 35.3 Å². The van der Waals surface area contributed by atoms with E-state index in [4.69, 9.17) is 74.1 Å². The van der Waals surface area contributed by atoms with Crippen LogP contribution in [-0.4, -0.2) is 77.1 Å². The Labute approximate surface area is 200 Å². The fraction of sp³-hybridized carbons (Fsp3) is 0.357. The van der Waals surface area contributed by atoms with Crippen LogP contribution >= 0.6 is 35.1 Å². The lowest BCUT2D eigenvalue weighted by Gasteiger charge is -2.18. The number of phosphoric acid groups is 3. The van der Waals surface area contributed by atoms with Gasteiger partial charge in [-0.15, -0.1) is 0 Å². The van der Waals surface area contributed by atoms with Crippen LogP contribution in [0.25, 0.3) is 10.8 Å². The van der Waals surface area contributed by atoms with Gasteiger partial charge in [0.05, 0.1) is 11.1 Å². The number of fused-ring (bicyclic) bond motifs is 1. The van der Waals surface area contributed by atoms with Gasteiger partial charge >= 0.3 is 23.5 Å². The summed E-state index contributed by atoms with van der Waals surface area (Å²) < 4.78 is 33.3. The minimum Gasteiger partial charge on any atom is -0.388 e.